The van der Waals surface area contributed by atoms with E-state index in [1.807, 2.05) is 13.8 Å². The maximum Gasteiger partial charge on any atom is 0.243 e. The molecule has 0 amide bonds. The number of hydrogen-bond donors (Lipinski definition) is 0. The van der Waals surface area contributed by atoms with Gasteiger partial charge in [0.1, 0.15) is 5.75 Å². The van der Waals surface area contributed by atoms with Crippen LogP contribution in [0.4, 0.5) is 0 Å². The molecule has 4 nitrogen and oxygen atoms in total. The molecular weight excluding hydrogens is 262 g/mol. The number of ether oxygens (including phenoxy) is 1. The molecule has 1 saturated heterocycles. The summed E-state index contributed by atoms with van der Waals surface area (Å²) in [5.41, 5.74) is 0. The molecular formula is C14H21NO3S. The van der Waals surface area contributed by atoms with Crippen LogP contribution in [0.3, 0.4) is 0 Å². The Morgan fingerprint density at radius 2 is 1.84 bits per heavy atom. The van der Waals surface area contributed by atoms with Crippen molar-refractivity contribution in [1.82, 2.24) is 4.31 Å². The van der Waals surface area contributed by atoms with Gasteiger partial charge in [-0.1, -0.05) is 12.5 Å². The Hall–Kier alpha value is -1.07. The van der Waals surface area contributed by atoms with Crippen molar-refractivity contribution in [2.24, 2.45) is 0 Å². The molecule has 0 spiro atoms. The molecule has 1 aromatic carbocycles. The highest BCUT2D eigenvalue weighted by Gasteiger charge is 2.35. The predicted molar refractivity (Wildman–Crippen MR) is 74.8 cm³/mol. The highest BCUT2D eigenvalue weighted by molar-refractivity contribution is 7.89. The first-order valence-electron chi connectivity index (χ1n) is 6.64. The van der Waals surface area contributed by atoms with Crippen molar-refractivity contribution < 1.29 is 13.2 Å². The van der Waals surface area contributed by atoms with Gasteiger partial charge in [-0.05, 0) is 38.8 Å². The summed E-state index contributed by atoms with van der Waals surface area (Å²) in [6, 6.07) is 6.79. The lowest BCUT2D eigenvalue weighted by molar-refractivity contribution is 0.204. The van der Waals surface area contributed by atoms with E-state index in [4.69, 9.17) is 4.74 Å². The number of rotatable bonds is 3. The van der Waals surface area contributed by atoms with Gasteiger partial charge in [0.15, 0.2) is 0 Å². The van der Waals surface area contributed by atoms with E-state index in [0.29, 0.717) is 10.6 Å². The van der Waals surface area contributed by atoms with Gasteiger partial charge in [-0.3, -0.25) is 0 Å². The zero-order valence-corrected chi connectivity index (χ0v) is 12.5. The summed E-state index contributed by atoms with van der Waals surface area (Å²) in [7, 11) is -1.90. The van der Waals surface area contributed by atoms with Crippen molar-refractivity contribution in [3.05, 3.63) is 24.3 Å². The van der Waals surface area contributed by atoms with Gasteiger partial charge in [-0.2, -0.15) is 4.31 Å². The lowest BCUT2D eigenvalue weighted by atomic mass is 10.0. The highest BCUT2D eigenvalue weighted by Crippen LogP contribution is 2.30. The van der Waals surface area contributed by atoms with Crippen molar-refractivity contribution in [1.29, 1.82) is 0 Å². The summed E-state index contributed by atoms with van der Waals surface area (Å²) in [6.07, 6.45) is 2.94. The number of nitrogens with zero attached hydrogens (tertiary/aromatic N) is 1. The zero-order chi connectivity index (χ0) is 14.0. The molecule has 0 bridgehead atoms. The molecule has 2 atom stereocenters. The second kappa shape index (κ2) is 5.51. The Bertz CT molecular complexity index is 531. The average molecular weight is 283 g/mol. The Morgan fingerprint density at radius 1 is 1.21 bits per heavy atom. The van der Waals surface area contributed by atoms with Gasteiger partial charge in [0.2, 0.25) is 10.0 Å². The van der Waals surface area contributed by atoms with E-state index < -0.39 is 10.0 Å². The van der Waals surface area contributed by atoms with E-state index in [0.717, 1.165) is 19.3 Å². The first kappa shape index (κ1) is 14.3. The molecule has 5 heteroatoms. The molecule has 1 fully saturated rings. The molecule has 0 saturated carbocycles. The Morgan fingerprint density at radius 3 is 2.42 bits per heavy atom. The van der Waals surface area contributed by atoms with Crippen molar-refractivity contribution in [2.45, 2.75) is 50.1 Å². The van der Waals surface area contributed by atoms with Gasteiger partial charge in [0, 0.05) is 18.2 Å². The van der Waals surface area contributed by atoms with E-state index in [1.54, 1.807) is 28.6 Å². The minimum absolute atomic E-state index is 0.0555. The van der Waals surface area contributed by atoms with Gasteiger partial charge in [-0.25, -0.2) is 8.42 Å². The molecule has 0 aromatic heterocycles. The average Bonchev–Trinajstić information content (AvgIpc) is 2.38. The molecule has 106 valence electrons. The third kappa shape index (κ3) is 2.77. The quantitative estimate of drug-likeness (QED) is 0.856. The maximum atomic E-state index is 12.7. The smallest absolute Gasteiger partial charge is 0.243 e. The molecule has 0 aliphatic carbocycles. The second-order valence-electron chi connectivity index (χ2n) is 5.14. The minimum atomic E-state index is -3.44. The van der Waals surface area contributed by atoms with E-state index in [1.165, 1.54) is 7.11 Å². The molecule has 0 N–H and O–H groups in total. The molecule has 2 rings (SSSR count). The SMILES string of the molecule is COc1cccc(S(=O)(=O)N2[C@H](C)CCC[C@@H]2C)c1. The normalized spacial score (nSPS) is 25.2. The largest absolute Gasteiger partial charge is 0.497 e. The van der Waals surface area contributed by atoms with Gasteiger partial charge < -0.3 is 4.74 Å². The van der Waals surface area contributed by atoms with Gasteiger partial charge in [0.05, 0.1) is 12.0 Å². The van der Waals surface area contributed by atoms with Crippen molar-refractivity contribution in [3.63, 3.8) is 0 Å². The van der Waals surface area contributed by atoms with Crippen LogP contribution in [0.5, 0.6) is 5.75 Å². The first-order chi connectivity index (χ1) is 8.96. The van der Waals surface area contributed by atoms with E-state index >= 15 is 0 Å². The molecule has 19 heavy (non-hydrogen) atoms. The zero-order valence-electron chi connectivity index (χ0n) is 11.7. The highest BCUT2D eigenvalue weighted by atomic mass is 32.2. The van der Waals surface area contributed by atoms with Crippen LogP contribution in [0.15, 0.2) is 29.2 Å². The van der Waals surface area contributed by atoms with Gasteiger partial charge in [0.25, 0.3) is 0 Å². The molecule has 1 heterocycles. The molecule has 1 aromatic rings. The monoisotopic (exact) mass is 283 g/mol. The fourth-order valence-electron chi connectivity index (χ4n) is 2.75. The van der Waals surface area contributed by atoms with Crippen molar-refractivity contribution in [3.8, 4) is 5.75 Å². The van der Waals surface area contributed by atoms with Crippen LogP contribution in [-0.4, -0.2) is 31.9 Å². The number of benzene rings is 1. The van der Waals surface area contributed by atoms with Crippen LogP contribution in [0.1, 0.15) is 33.1 Å². The molecule has 0 radical (unpaired) electrons. The Labute approximate surface area is 115 Å². The van der Waals surface area contributed by atoms with Gasteiger partial charge >= 0.3 is 0 Å². The fourth-order valence-corrected chi connectivity index (χ4v) is 4.67. The summed E-state index contributed by atoms with van der Waals surface area (Å²) >= 11 is 0. The van der Waals surface area contributed by atoms with Crippen LogP contribution in [0.2, 0.25) is 0 Å². The summed E-state index contributed by atoms with van der Waals surface area (Å²) in [4.78, 5) is 0.312. The fraction of sp³-hybridized carbons (Fsp3) is 0.571. The number of hydrogen-bond acceptors (Lipinski definition) is 3. The van der Waals surface area contributed by atoms with Crippen LogP contribution in [-0.2, 0) is 10.0 Å². The van der Waals surface area contributed by atoms with Crippen LogP contribution in [0.25, 0.3) is 0 Å². The predicted octanol–water partition coefficient (Wildman–Crippen LogP) is 2.65. The summed E-state index contributed by atoms with van der Waals surface area (Å²) in [5.74, 6) is 0.568. The molecule has 0 unspecified atom stereocenters. The summed E-state index contributed by atoms with van der Waals surface area (Å²) < 4.78 is 32.2. The minimum Gasteiger partial charge on any atom is -0.497 e. The van der Waals surface area contributed by atoms with E-state index in [-0.39, 0.29) is 12.1 Å². The van der Waals surface area contributed by atoms with Crippen LogP contribution in [0, 0.1) is 0 Å². The number of piperidine rings is 1. The molecule has 1 aliphatic rings. The Kier molecular flexibility index (Phi) is 4.16. The third-order valence-electron chi connectivity index (χ3n) is 3.73. The van der Waals surface area contributed by atoms with Crippen molar-refractivity contribution in [2.75, 3.05) is 7.11 Å². The maximum absolute atomic E-state index is 12.7. The lowest BCUT2D eigenvalue weighted by Crippen LogP contribution is -2.47. The summed E-state index contributed by atoms with van der Waals surface area (Å²) in [6.45, 7) is 3.96. The van der Waals surface area contributed by atoms with Crippen LogP contribution < -0.4 is 4.74 Å². The van der Waals surface area contributed by atoms with Gasteiger partial charge in [-0.15, -0.1) is 0 Å². The summed E-state index contributed by atoms with van der Waals surface area (Å²) in [5, 5.41) is 0. The third-order valence-corrected chi connectivity index (χ3v) is 5.85. The topological polar surface area (TPSA) is 46.6 Å². The first-order valence-corrected chi connectivity index (χ1v) is 8.08. The second-order valence-corrected chi connectivity index (χ2v) is 6.99. The number of methoxy groups -OCH3 is 1. The standard InChI is InChI=1S/C14H21NO3S/c1-11-6-4-7-12(2)15(11)19(16,17)14-9-5-8-13(10-14)18-3/h5,8-12H,4,6-7H2,1-3H3/t11-,12+. The van der Waals surface area contributed by atoms with Crippen molar-refractivity contribution >= 4 is 10.0 Å². The lowest BCUT2D eigenvalue weighted by Gasteiger charge is -2.37. The Balaban J connectivity index is 2.40. The molecule has 1 aliphatic heterocycles. The van der Waals surface area contributed by atoms with E-state index in [9.17, 15) is 8.42 Å². The van der Waals surface area contributed by atoms with Crippen LogP contribution >= 0.6 is 0 Å². The van der Waals surface area contributed by atoms with E-state index in [2.05, 4.69) is 0 Å². The number of sulfonamides is 1.